The predicted molar refractivity (Wildman–Crippen MR) is 57.9 cm³/mol. The topological polar surface area (TPSA) is 96.6 Å². The number of carbonyl (C=O) groups is 2. The second-order valence-corrected chi connectivity index (χ2v) is 3.63. The van der Waals surface area contributed by atoms with E-state index in [1.54, 1.807) is 6.92 Å². The van der Waals surface area contributed by atoms with E-state index in [0.717, 1.165) is 0 Å². The Morgan fingerprint density at radius 3 is 3.00 bits per heavy atom. The highest BCUT2D eigenvalue weighted by molar-refractivity contribution is 6.39. The van der Waals surface area contributed by atoms with Crippen molar-refractivity contribution < 1.29 is 14.0 Å². The van der Waals surface area contributed by atoms with Crippen LogP contribution in [0.25, 0.3) is 0 Å². The van der Waals surface area contributed by atoms with Crippen LogP contribution in [0.3, 0.4) is 0 Å². The minimum absolute atomic E-state index is 0.173. The molecule has 0 radical (unpaired) electrons. The molecule has 1 aliphatic heterocycles. The summed E-state index contributed by atoms with van der Waals surface area (Å²) in [5, 5.41) is 6.34. The number of aromatic nitrogens is 1. The van der Waals surface area contributed by atoms with Gasteiger partial charge in [-0.1, -0.05) is 0 Å². The maximum atomic E-state index is 11.6. The second kappa shape index (κ2) is 4.77. The van der Waals surface area contributed by atoms with E-state index in [2.05, 4.69) is 20.8 Å². The lowest BCUT2D eigenvalue weighted by Gasteiger charge is -2.11. The number of carbonyl (C=O) groups excluding carboxylic acids is 2. The Labute approximate surface area is 97.3 Å². The Morgan fingerprint density at radius 1 is 1.59 bits per heavy atom. The van der Waals surface area contributed by atoms with E-state index < -0.39 is 0 Å². The van der Waals surface area contributed by atoms with Gasteiger partial charge < -0.3 is 9.73 Å². The molecule has 0 atom stereocenters. The van der Waals surface area contributed by atoms with Gasteiger partial charge in [0, 0.05) is 19.8 Å². The summed E-state index contributed by atoms with van der Waals surface area (Å²) in [6, 6.07) is 0. The number of hydrogen-bond donors (Lipinski definition) is 2. The lowest BCUT2D eigenvalue weighted by Crippen LogP contribution is -2.36. The SMILES string of the molecule is Cc1nc(CNC(=O)C2=NNC(=O)CC2)co1. The maximum absolute atomic E-state index is 11.6. The van der Waals surface area contributed by atoms with Gasteiger partial charge in [0.2, 0.25) is 5.91 Å². The molecule has 0 fully saturated rings. The van der Waals surface area contributed by atoms with Crippen LogP contribution in [0.4, 0.5) is 0 Å². The van der Waals surface area contributed by atoms with Crippen LogP contribution in [0.15, 0.2) is 15.8 Å². The zero-order chi connectivity index (χ0) is 12.3. The lowest BCUT2D eigenvalue weighted by atomic mass is 10.1. The van der Waals surface area contributed by atoms with Gasteiger partial charge >= 0.3 is 0 Å². The van der Waals surface area contributed by atoms with Crippen LogP contribution in [0.2, 0.25) is 0 Å². The predicted octanol–water partition coefficient (Wildman–Crippen LogP) is -0.135. The van der Waals surface area contributed by atoms with Gasteiger partial charge in [0.15, 0.2) is 5.89 Å². The van der Waals surface area contributed by atoms with Gasteiger partial charge in [0.05, 0.1) is 12.2 Å². The molecule has 1 aromatic rings. The zero-order valence-electron chi connectivity index (χ0n) is 9.32. The molecule has 17 heavy (non-hydrogen) atoms. The van der Waals surface area contributed by atoms with Crippen LogP contribution < -0.4 is 10.7 Å². The first kappa shape index (κ1) is 11.3. The Hall–Kier alpha value is -2.18. The van der Waals surface area contributed by atoms with Gasteiger partial charge in [-0.25, -0.2) is 10.4 Å². The summed E-state index contributed by atoms with van der Waals surface area (Å²) in [6.07, 6.45) is 2.13. The molecule has 0 saturated carbocycles. The molecule has 2 N–H and O–H groups in total. The van der Waals surface area contributed by atoms with Crippen molar-refractivity contribution in [1.29, 1.82) is 0 Å². The number of nitrogens with zero attached hydrogens (tertiary/aromatic N) is 2. The molecule has 0 aromatic carbocycles. The summed E-state index contributed by atoms with van der Waals surface area (Å²) >= 11 is 0. The second-order valence-electron chi connectivity index (χ2n) is 3.63. The van der Waals surface area contributed by atoms with Crippen LogP contribution in [0.5, 0.6) is 0 Å². The summed E-state index contributed by atoms with van der Waals surface area (Å²) in [6.45, 7) is 2.01. The fraction of sp³-hybridized carbons (Fsp3) is 0.400. The van der Waals surface area contributed by atoms with Crippen LogP contribution in [0.1, 0.15) is 24.4 Å². The lowest BCUT2D eigenvalue weighted by molar-refractivity contribution is -0.121. The summed E-state index contributed by atoms with van der Waals surface area (Å²) in [5.41, 5.74) is 3.24. The Morgan fingerprint density at radius 2 is 2.41 bits per heavy atom. The van der Waals surface area contributed by atoms with Gasteiger partial charge in [-0.05, 0) is 0 Å². The molecule has 2 heterocycles. The third kappa shape index (κ3) is 2.90. The number of nitrogens with one attached hydrogen (secondary N) is 2. The fourth-order valence-electron chi connectivity index (χ4n) is 1.40. The van der Waals surface area contributed by atoms with E-state index in [1.807, 2.05) is 0 Å². The third-order valence-electron chi connectivity index (χ3n) is 2.26. The van der Waals surface area contributed by atoms with Crippen molar-refractivity contribution in [3.8, 4) is 0 Å². The first-order chi connectivity index (χ1) is 8.15. The number of hydrazone groups is 1. The van der Waals surface area contributed by atoms with Crippen LogP contribution >= 0.6 is 0 Å². The van der Waals surface area contributed by atoms with E-state index in [1.165, 1.54) is 6.26 Å². The number of aryl methyl sites for hydroxylation is 1. The molecular weight excluding hydrogens is 224 g/mol. The smallest absolute Gasteiger partial charge is 0.267 e. The van der Waals surface area contributed by atoms with Crippen molar-refractivity contribution >= 4 is 17.5 Å². The summed E-state index contributed by atoms with van der Waals surface area (Å²) in [5.74, 6) is 0.0795. The molecule has 90 valence electrons. The molecule has 0 aliphatic carbocycles. The van der Waals surface area contributed by atoms with Crippen LogP contribution in [0, 0.1) is 6.92 Å². The third-order valence-corrected chi connectivity index (χ3v) is 2.26. The van der Waals surface area contributed by atoms with Gasteiger partial charge in [0.25, 0.3) is 5.91 Å². The van der Waals surface area contributed by atoms with E-state index in [4.69, 9.17) is 4.42 Å². The highest BCUT2D eigenvalue weighted by Gasteiger charge is 2.18. The minimum atomic E-state index is -0.300. The average Bonchev–Trinajstić information content (AvgIpc) is 2.73. The number of rotatable bonds is 3. The molecular formula is C10H12N4O3. The van der Waals surface area contributed by atoms with E-state index in [0.29, 0.717) is 23.7 Å². The average molecular weight is 236 g/mol. The molecule has 0 saturated heterocycles. The monoisotopic (exact) mass is 236 g/mol. The van der Waals surface area contributed by atoms with Crippen molar-refractivity contribution in [2.45, 2.75) is 26.3 Å². The Bertz CT molecular complexity index is 478. The normalized spacial score (nSPS) is 15.1. The van der Waals surface area contributed by atoms with Crippen molar-refractivity contribution in [3.05, 3.63) is 17.8 Å². The molecule has 1 aliphatic rings. The van der Waals surface area contributed by atoms with Crippen LogP contribution in [-0.4, -0.2) is 22.5 Å². The molecule has 0 spiro atoms. The van der Waals surface area contributed by atoms with Crippen molar-refractivity contribution in [3.63, 3.8) is 0 Å². The van der Waals surface area contributed by atoms with Gasteiger partial charge in [0.1, 0.15) is 12.0 Å². The van der Waals surface area contributed by atoms with E-state index >= 15 is 0 Å². The largest absolute Gasteiger partial charge is 0.449 e. The Kier molecular flexibility index (Phi) is 3.17. The molecule has 0 unspecified atom stereocenters. The maximum Gasteiger partial charge on any atom is 0.267 e. The fourth-order valence-corrected chi connectivity index (χ4v) is 1.40. The van der Waals surface area contributed by atoms with Gasteiger partial charge in [-0.2, -0.15) is 5.10 Å². The summed E-state index contributed by atoms with van der Waals surface area (Å²) in [4.78, 5) is 26.5. The quantitative estimate of drug-likeness (QED) is 0.763. The molecule has 7 nitrogen and oxygen atoms in total. The highest BCUT2D eigenvalue weighted by atomic mass is 16.3. The first-order valence-corrected chi connectivity index (χ1v) is 5.20. The molecule has 2 amide bonds. The number of hydrogen-bond acceptors (Lipinski definition) is 5. The number of oxazole rings is 1. The summed E-state index contributed by atoms with van der Waals surface area (Å²) < 4.78 is 5.01. The number of amides is 2. The molecule has 2 rings (SSSR count). The van der Waals surface area contributed by atoms with Crippen LogP contribution in [-0.2, 0) is 16.1 Å². The molecule has 0 bridgehead atoms. The zero-order valence-corrected chi connectivity index (χ0v) is 9.32. The molecule has 1 aromatic heterocycles. The van der Waals surface area contributed by atoms with Gasteiger partial charge in [-0.15, -0.1) is 0 Å². The highest BCUT2D eigenvalue weighted by Crippen LogP contribution is 2.02. The van der Waals surface area contributed by atoms with Crippen molar-refractivity contribution in [2.75, 3.05) is 0 Å². The minimum Gasteiger partial charge on any atom is -0.449 e. The van der Waals surface area contributed by atoms with Gasteiger partial charge in [-0.3, -0.25) is 9.59 Å². The first-order valence-electron chi connectivity index (χ1n) is 5.20. The standard InChI is InChI=1S/C10H12N4O3/c1-6-12-7(5-17-6)4-11-10(16)8-2-3-9(15)14-13-8/h5H,2-4H2,1H3,(H,11,16)(H,14,15). The van der Waals surface area contributed by atoms with E-state index in [-0.39, 0.29) is 24.8 Å². The Balaban J connectivity index is 1.87. The van der Waals surface area contributed by atoms with Crippen molar-refractivity contribution in [2.24, 2.45) is 5.10 Å². The summed E-state index contributed by atoms with van der Waals surface area (Å²) in [7, 11) is 0. The molecule has 7 heteroatoms. The van der Waals surface area contributed by atoms with E-state index in [9.17, 15) is 9.59 Å². The van der Waals surface area contributed by atoms with Crippen molar-refractivity contribution in [1.82, 2.24) is 15.7 Å².